The van der Waals surface area contributed by atoms with Gasteiger partial charge in [-0.05, 0) is 44.9 Å². The lowest BCUT2D eigenvalue weighted by Crippen LogP contribution is -2.15. The van der Waals surface area contributed by atoms with E-state index in [1.165, 1.54) is 5.56 Å². The molecule has 4 nitrogen and oxygen atoms in total. The van der Waals surface area contributed by atoms with E-state index in [-0.39, 0.29) is 0 Å². The van der Waals surface area contributed by atoms with Gasteiger partial charge in [0, 0.05) is 18.8 Å². The molecule has 0 saturated heterocycles. The Bertz CT molecular complexity index is 543. The number of aromatic nitrogens is 2. The van der Waals surface area contributed by atoms with E-state index in [1.807, 2.05) is 19.1 Å². The SMILES string of the molecule is COc1ccc(CCn2cc(C)nc2NC(C)C)cc1. The van der Waals surface area contributed by atoms with Gasteiger partial charge in [-0.3, -0.25) is 0 Å². The molecular formula is C16H23N3O. The molecule has 1 aromatic heterocycles. The average Bonchev–Trinajstić information content (AvgIpc) is 2.76. The van der Waals surface area contributed by atoms with Gasteiger partial charge in [-0.15, -0.1) is 0 Å². The molecule has 0 atom stereocenters. The van der Waals surface area contributed by atoms with Crippen LogP contribution in [0.25, 0.3) is 0 Å². The van der Waals surface area contributed by atoms with Crippen molar-refractivity contribution in [1.82, 2.24) is 9.55 Å². The predicted octanol–water partition coefficient (Wildman–Crippen LogP) is 3.26. The third-order valence-electron chi connectivity index (χ3n) is 3.12. The number of imidazole rings is 1. The highest BCUT2D eigenvalue weighted by Crippen LogP contribution is 2.14. The van der Waals surface area contributed by atoms with E-state index in [0.717, 1.165) is 30.4 Å². The minimum atomic E-state index is 0.386. The third kappa shape index (κ3) is 3.76. The highest BCUT2D eigenvalue weighted by Gasteiger charge is 2.06. The van der Waals surface area contributed by atoms with Crippen molar-refractivity contribution < 1.29 is 4.74 Å². The summed E-state index contributed by atoms with van der Waals surface area (Å²) < 4.78 is 7.35. The van der Waals surface area contributed by atoms with Gasteiger partial charge in [-0.25, -0.2) is 4.98 Å². The number of methoxy groups -OCH3 is 1. The maximum atomic E-state index is 5.17. The molecule has 0 radical (unpaired) electrons. The molecule has 0 fully saturated rings. The molecule has 4 heteroatoms. The Morgan fingerprint density at radius 2 is 1.95 bits per heavy atom. The fraction of sp³-hybridized carbons (Fsp3) is 0.438. The number of hydrogen-bond acceptors (Lipinski definition) is 3. The van der Waals surface area contributed by atoms with Crippen LogP contribution in [0.2, 0.25) is 0 Å². The van der Waals surface area contributed by atoms with Gasteiger partial charge in [0.2, 0.25) is 5.95 Å². The molecule has 2 rings (SSSR count). The highest BCUT2D eigenvalue weighted by molar-refractivity contribution is 5.31. The van der Waals surface area contributed by atoms with E-state index < -0.39 is 0 Å². The number of rotatable bonds is 6. The van der Waals surface area contributed by atoms with Crippen LogP contribution in [0.5, 0.6) is 5.75 Å². The Labute approximate surface area is 120 Å². The molecule has 0 aliphatic rings. The summed E-state index contributed by atoms with van der Waals surface area (Å²) in [5.74, 6) is 1.85. The summed E-state index contributed by atoms with van der Waals surface area (Å²) in [6, 6.07) is 8.61. The van der Waals surface area contributed by atoms with Crippen LogP contribution < -0.4 is 10.1 Å². The first-order chi connectivity index (χ1) is 9.58. The zero-order chi connectivity index (χ0) is 14.5. The normalized spacial score (nSPS) is 10.8. The fourth-order valence-electron chi connectivity index (χ4n) is 2.13. The zero-order valence-corrected chi connectivity index (χ0v) is 12.7. The van der Waals surface area contributed by atoms with Gasteiger partial charge < -0.3 is 14.6 Å². The van der Waals surface area contributed by atoms with Gasteiger partial charge >= 0.3 is 0 Å². The monoisotopic (exact) mass is 273 g/mol. The summed E-state index contributed by atoms with van der Waals surface area (Å²) in [6.45, 7) is 7.19. The summed E-state index contributed by atoms with van der Waals surface area (Å²) in [7, 11) is 1.69. The first kappa shape index (κ1) is 14.4. The lowest BCUT2D eigenvalue weighted by atomic mass is 10.1. The number of benzene rings is 1. The van der Waals surface area contributed by atoms with Gasteiger partial charge in [0.25, 0.3) is 0 Å². The van der Waals surface area contributed by atoms with Crippen LogP contribution in [0.15, 0.2) is 30.5 Å². The molecule has 0 aliphatic carbocycles. The van der Waals surface area contributed by atoms with Crippen molar-refractivity contribution in [3.05, 3.63) is 41.7 Å². The molecule has 108 valence electrons. The van der Waals surface area contributed by atoms with Gasteiger partial charge in [-0.1, -0.05) is 12.1 Å². The van der Waals surface area contributed by atoms with Gasteiger partial charge in [0.1, 0.15) is 5.75 Å². The van der Waals surface area contributed by atoms with Crippen molar-refractivity contribution in [3.8, 4) is 5.75 Å². The summed E-state index contributed by atoms with van der Waals surface area (Å²) in [5.41, 5.74) is 2.34. The summed E-state index contributed by atoms with van der Waals surface area (Å²) in [4.78, 5) is 4.52. The number of nitrogens with zero attached hydrogens (tertiary/aromatic N) is 2. The topological polar surface area (TPSA) is 39.1 Å². The standard InChI is InChI=1S/C16H23N3O/c1-12(2)17-16-18-13(3)11-19(16)10-9-14-5-7-15(20-4)8-6-14/h5-8,11-12H,9-10H2,1-4H3,(H,17,18). The molecule has 0 unspecified atom stereocenters. The van der Waals surface area contributed by atoms with Crippen molar-refractivity contribution in [1.29, 1.82) is 0 Å². The average molecular weight is 273 g/mol. The van der Waals surface area contributed by atoms with Gasteiger partial charge in [0.05, 0.1) is 12.8 Å². The highest BCUT2D eigenvalue weighted by atomic mass is 16.5. The summed E-state index contributed by atoms with van der Waals surface area (Å²) >= 11 is 0. The van der Waals surface area contributed by atoms with E-state index in [2.05, 4.69) is 47.0 Å². The second-order valence-corrected chi connectivity index (χ2v) is 5.30. The Balaban J connectivity index is 2.02. The second kappa shape index (κ2) is 6.46. The Morgan fingerprint density at radius 3 is 2.55 bits per heavy atom. The van der Waals surface area contributed by atoms with Crippen LogP contribution >= 0.6 is 0 Å². The minimum Gasteiger partial charge on any atom is -0.497 e. The van der Waals surface area contributed by atoms with Crippen LogP contribution in [0.4, 0.5) is 5.95 Å². The van der Waals surface area contributed by atoms with E-state index in [4.69, 9.17) is 4.74 Å². The molecule has 0 aliphatic heterocycles. The smallest absolute Gasteiger partial charge is 0.203 e. The predicted molar refractivity (Wildman–Crippen MR) is 82.4 cm³/mol. The van der Waals surface area contributed by atoms with Crippen molar-refractivity contribution in [2.24, 2.45) is 0 Å². The molecule has 20 heavy (non-hydrogen) atoms. The summed E-state index contributed by atoms with van der Waals surface area (Å²) in [6.07, 6.45) is 3.07. The molecule has 0 spiro atoms. The maximum absolute atomic E-state index is 5.17. The molecule has 2 aromatic rings. The number of ether oxygens (including phenoxy) is 1. The van der Waals surface area contributed by atoms with Crippen LogP contribution in [0.1, 0.15) is 25.1 Å². The van der Waals surface area contributed by atoms with Crippen molar-refractivity contribution in [2.75, 3.05) is 12.4 Å². The fourth-order valence-corrected chi connectivity index (χ4v) is 2.13. The number of hydrogen-bond donors (Lipinski definition) is 1. The number of aryl methyl sites for hydroxylation is 3. The van der Waals surface area contributed by atoms with Crippen LogP contribution in [0, 0.1) is 6.92 Å². The van der Waals surface area contributed by atoms with Gasteiger partial charge in [0.15, 0.2) is 0 Å². The Morgan fingerprint density at radius 1 is 1.25 bits per heavy atom. The second-order valence-electron chi connectivity index (χ2n) is 5.30. The lowest BCUT2D eigenvalue weighted by Gasteiger charge is -2.12. The van der Waals surface area contributed by atoms with Crippen LogP contribution in [-0.2, 0) is 13.0 Å². The Kier molecular flexibility index (Phi) is 4.66. The third-order valence-corrected chi connectivity index (χ3v) is 3.12. The Hall–Kier alpha value is -1.97. The van der Waals surface area contributed by atoms with Crippen LogP contribution in [-0.4, -0.2) is 22.7 Å². The molecule has 1 N–H and O–H groups in total. The molecule has 0 bridgehead atoms. The lowest BCUT2D eigenvalue weighted by molar-refractivity contribution is 0.414. The quantitative estimate of drug-likeness (QED) is 0.878. The van der Waals surface area contributed by atoms with E-state index in [0.29, 0.717) is 6.04 Å². The van der Waals surface area contributed by atoms with Crippen LogP contribution in [0.3, 0.4) is 0 Å². The van der Waals surface area contributed by atoms with Gasteiger partial charge in [-0.2, -0.15) is 0 Å². The molecule has 1 aromatic carbocycles. The van der Waals surface area contributed by atoms with Crippen molar-refractivity contribution >= 4 is 5.95 Å². The summed E-state index contributed by atoms with van der Waals surface area (Å²) in [5, 5.41) is 3.38. The zero-order valence-electron chi connectivity index (χ0n) is 12.7. The van der Waals surface area contributed by atoms with Crippen molar-refractivity contribution in [3.63, 3.8) is 0 Å². The first-order valence-electron chi connectivity index (χ1n) is 7.01. The number of anilines is 1. The minimum absolute atomic E-state index is 0.386. The molecule has 0 amide bonds. The van der Waals surface area contributed by atoms with E-state index in [9.17, 15) is 0 Å². The van der Waals surface area contributed by atoms with E-state index >= 15 is 0 Å². The van der Waals surface area contributed by atoms with Crippen molar-refractivity contribution in [2.45, 2.75) is 39.8 Å². The first-order valence-corrected chi connectivity index (χ1v) is 7.01. The molecular weight excluding hydrogens is 250 g/mol. The molecule has 1 heterocycles. The maximum Gasteiger partial charge on any atom is 0.203 e. The van der Waals surface area contributed by atoms with E-state index in [1.54, 1.807) is 7.11 Å². The molecule has 0 saturated carbocycles. The largest absolute Gasteiger partial charge is 0.497 e. The number of nitrogens with one attached hydrogen (secondary N) is 1.